The lowest BCUT2D eigenvalue weighted by Crippen LogP contribution is -2.44. The lowest BCUT2D eigenvalue weighted by Gasteiger charge is -2.33. The van der Waals surface area contributed by atoms with Crippen molar-refractivity contribution in [3.8, 4) is 0 Å². The second-order valence-electron chi connectivity index (χ2n) is 6.11. The van der Waals surface area contributed by atoms with Crippen molar-refractivity contribution < 1.29 is 13.3 Å². The summed E-state index contributed by atoms with van der Waals surface area (Å²) in [6, 6.07) is 2.86. The maximum absolute atomic E-state index is 11.5. The lowest BCUT2D eigenvalue weighted by atomic mass is 10.2. The molecule has 0 bridgehead atoms. The summed E-state index contributed by atoms with van der Waals surface area (Å²) in [6.07, 6.45) is 0.973. The van der Waals surface area contributed by atoms with Gasteiger partial charge in [-0.25, -0.2) is 18.4 Å². The van der Waals surface area contributed by atoms with Crippen LogP contribution in [0.1, 0.15) is 0 Å². The summed E-state index contributed by atoms with van der Waals surface area (Å²) in [5.74, 6) is -0.111. The monoisotopic (exact) mass is 436 g/mol. The average Bonchev–Trinajstić information content (AvgIpc) is 2.54. The van der Waals surface area contributed by atoms with Gasteiger partial charge in [0.15, 0.2) is 11.0 Å². The molecule has 3 rings (SSSR count). The van der Waals surface area contributed by atoms with E-state index in [-0.39, 0.29) is 34.6 Å². The molecule has 1 fully saturated rings. The van der Waals surface area contributed by atoms with Crippen LogP contribution in [0.25, 0.3) is 11.0 Å². The number of anilines is 2. The number of benzene rings is 1. The summed E-state index contributed by atoms with van der Waals surface area (Å²) < 4.78 is 25.1. The van der Waals surface area contributed by atoms with Crippen molar-refractivity contribution in [1.29, 1.82) is 0 Å². The summed E-state index contributed by atoms with van der Waals surface area (Å²) in [6.45, 7) is 2.83. The van der Waals surface area contributed by atoms with Crippen molar-refractivity contribution in [3.63, 3.8) is 0 Å². The molecule has 1 N–H and O–H groups in total. The van der Waals surface area contributed by atoms with Crippen molar-refractivity contribution in [3.05, 3.63) is 27.4 Å². The Morgan fingerprint density at radius 2 is 1.78 bits per heavy atom. The van der Waals surface area contributed by atoms with Crippen LogP contribution in [-0.2, 0) is 10.0 Å². The van der Waals surface area contributed by atoms with Gasteiger partial charge in [0.05, 0.1) is 22.2 Å². The third-order valence-electron chi connectivity index (χ3n) is 4.04. The molecule has 0 amide bonds. The number of nitro benzene ring substituents is 1. The highest BCUT2D eigenvalue weighted by Gasteiger charge is 2.25. The fraction of sp³-hybridized carbons (Fsp3) is 0.429. The molecule has 1 aliphatic heterocycles. The smallest absolute Gasteiger partial charge is 0.294 e. The Morgan fingerprint density at radius 3 is 2.33 bits per heavy atom. The number of sulfonamides is 1. The van der Waals surface area contributed by atoms with Crippen molar-refractivity contribution in [1.82, 2.24) is 14.9 Å². The fourth-order valence-corrected chi connectivity index (χ4v) is 3.48. The molecule has 1 aromatic carbocycles. The first-order valence-electron chi connectivity index (χ1n) is 7.71. The molecule has 1 aliphatic rings. The normalized spacial score (nSPS) is 15.4. The number of nitrogens with zero attached hydrogens (tertiary/aromatic N) is 5. The quantitative estimate of drug-likeness (QED) is 0.567. The predicted molar refractivity (Wildman–Crippen MR) is 107 cm³/mol. The van der Waals surface area contributed by atoms with Gasteiger partial charge < -0.3 is 9.80 Å². The molecule has 0 spiro atoms. The minimum absolute atomic E-state index is 0. The highest BCUT2D eigenvalue weighted by atomic mass is 35.5. The summed E-state index contributed by atoms with van der Waals surface area (Å²) >= 11 is 5.96. The van der Waals surface area contributed by atoms with E-state index < -0.39 is 14.9 Å². The van der Waals surface area contributed by atoms with E-state index in [0.717, 1.165) is 19.3 Å². The molecule has 1 aromatic heterocycles. The van der Waals surface area contributed by atoms with E-state index >= 15 is 0 Å². The van der Waals surface area contributed by atoms with E-state index in [4.69, 9.17) is 11.6 Å². The molecule has 0 atom stereocenters. The Kier molecular flexibility index (Phi) is 6.30. The molecule has 13 heteroatoms. The minimum Gasteiger partial charge on any atom is -0.363 e. The van der Waals surface area contributed by atoms with Gasteiger partial charge in [-0.15, -0.1) is 12.4 Å². The van der Waals surface area contributed by atoms with Crippen molar-refractivity contribution in [2.45, 2.75) is 0 Å². The van der Waals surface area contributed by atoms with Gasteiger partial charge in [-0.05, 0) is 13.1 Å². The molecule has 2 aromatic rings. The van der Waals surface area contributed by atoms with Crippen LogP contribution in [0, 0.1) is 10.1 Å². The van der Waals surface area contributed by atoms with E-state index in [9.17, 15) is 18.5 Å². The molecule has 1 saturated heterocycles. The second kappa shape index (κ2) is 7.97. The number of likely N-dealkylation sites (N-methyl/N-ethyl adjacent to an activating group) is 1. The predicted octanol–water partition coefficient (Wildman–Crippen LogP) is 1.74. The van der Waals surface area contributed by atoms with E-state index in [1.807, 2.05) is 11.9 Å². The number of nitro groups is 1. The van der Waals surface area contributed by atoms with Crippen LogP contribution < -0.4 is 9.62 Å². The Balaban J connectivity index is 0.00000261. The van der Waals surface area contributed by atoms with Crippen LogP contribution in [0.3, 0.4) is 0 Å². The fourth-order valence-electron chi connectivity index (χ4n) is 2.75. The van der Waals surface area contributed by atoms with Crippen molar-refractivity contribution >= 4 is 62.3 Å². The number of piperazine rings is 1. The van der Waals surface area contributed by atoms with Crippen LogP contribution in [-0.4, -0.2) is 67.7 Å². The SMILES string of the molecule is CN1CCN(c2cc3nc(NS(C)(=O)=O)c(Cl)nc3cc2[N+](=O)[O-])CC1.Cl. The second-order valence-corrected chi connectivity index (χ2v) is 8.22. The highest BCUT2D eigenvalue weighted by Crippen LogP contribution is 2.34. The maximum Gasteiger partial charge on any atom is 0.294 e. The van der Waals surface area contributed by atoms with Gasteiger partial charge >= 0.3 is 0 Å². The number of fused-ring (bicyclic) bond motifs is 1. The third-order valence-corrected chi connectivity index (χ3v) is 4.87. The van der Waals surface area contributed by atoms with Crippen LogP contribution in [0.2, 0.25) is 5.15 Å². The number of halogens is 2. The summed E-state index contributed by atoms with van der Waals surface area (Å²) in [4.78, 5) is 23.3. The molecular formula is C14H18Cl2N6O4S. The van der Waals surface area contributed by atoms with E-state index in [1.54, 1.807) is 6.07 Å². The molecule has 0 radical (unpaired) electrons. The number of rotatable bonds is 4. The molecule has 0 aliphatic carbocycles. The molecule has 0 saturated carbocycles. The van der Waals surface area contributed by atoms with Crippen molar-refractivity contribution in [2.75, 3.05) is 49.1 Å². The van der Waals surface area contributed by atoms with Gasteiger partial charge in [0.25, 0.3) is 5.69 Å². The first-order valence-corrected chi connectivity index (χ1v) is 9.98. The van der Waals surface area contributed by atoms with Crippen LogP contribution in [0.5, 0.6) is 0 Å². The van der Waals surface area contributed by atoms with Gasteiger partial charge in [0.2, 0.25) is 10.0 Å². The van der Waals surface area contributed by atoms with Gasteiger partial charge in [0.1, 0.15) is 5.69 Å². The lowest BCUT2D eigenvalue weighted by molar-refractivity contribution is -0.384. The van der Waals surface area contributed by atoms with Gasteiger partial charge in [0, 0.05) is 32.2 Å². The van der Waals surface area contributed by atoms with Crippen LogP contribution in [0.15, 0.2) is 12.1 Å². The molecule has 2 heterocycles. The summed E-state index contributed by atoms with van der Waals surface area (Å²) in [5, 5.41) is 11.3. The van der Waals surface area contributed by atoms with Gasteiger partial charge in [-0.2, -0.15) is 0 Å². The van der Waals surface area contributed by atoms with E-state index in [2.05, 4.69) is 19.6 Å². The number of hydrogen-bond donors (Lipinski definition) is 1. The minimum atomic E-state index is -3.59. The van der Waals surface area contributed by atoms with E-state index in [0.29, 0.717) is 24.3 Å². The topological polar surface area (TPSA) is 122 Å². The van der Waals surface area contributed by atoms with Crippen LogP contribution >= 0.6 is 24.0 Å². The molecular weight excluding hydrogens is 419 g/mol. The maximum atomic E-state index is 11.5. The first kappa shape index (κ1) is 21.4. The third kappa shape index (κ3) is 4.86. The van der Waals surface area contributed by atoms with Crippen molar-refractivity contribution in [2.24, 2.45) is 0 Å². The average molecular weight is 437 g/mol. The zero-order chi connectivity index (χ0) is 19.1. The van der Waals surface area contributed by atoms with Crippen LogP contribution in [0.4, 0.5) is 17.2 Å². The number of nitrogens with one attached hydrogen (secondary N) is 1. The molecule has 148 valence electrons. The molecule has 27 heavy (non-hydrogen) atoms. The van der Waals surface area contributed by atoms with Gasteiger partial charge in [-0.3, -0.25) is 14.8 Å². The zero-order valence-electron chi connectivity index (χ0n) is 14.5. The van der Waals surface area contributed by atoms with E-state index in [1.165, 1.54) is 6.07 Å². The molecule has 0 unspecified atom stereocenters. The summed E-state index contributed by atoms with van der Waals surface area (Å²) in [5.41, 5.74) is 0.882. The van der Waals surface area contributed by atoms with Gasteiger partial charge in [-0.1, -0.05) is 11.6 Å². The number of hydrogen-bond acceptors (Lipinski definition) is 8. The zero-order valence-corrected chi connectivity index (χ0v) is 16.9. The highest BCUT2D eigenvalue weighted by molar-refractivity contribution is 7.92. The largest absolute Gasteiger partial charge is 0.363 e. The Morgan fingerprint density at radius 1 is 1.19 bits per heavy atom. The number of aromatic nitrogens is 2. The Hall–Kier alpha value is -1.95. The Bertz CT molecular complexity index is 979. The first-order chi connectivity index (χ1) is 12.1. The standard InChI is InChI=1S/C14H17ClN6O4S.ClH/c1-19-3-5-20(6-4-19)11-7-10-9(8-12(11)21(22)23)16-13(15)14(17-10)18-26(2,24)25;/h7-8H,3-6H2,1-2H3,(H,17,18);1H. The Labute approximate surface area is 167 Å². The molecule has 10 nitrogen and oxygen atoms in total. The summed E-state index contributed by atoms with van der Waals surface area (Å²) in [7, 11) is -1.60.